The lowest BCUT2D eigenvalue weighted by Crippen LogP contribution is -2.10. The zero-order valence-electron chi connectivity index (χ0n) is 19.4. The van der Waals surface area contributed by atoms with Crippen LogP contribution in [0.5, 0.6) is 0 Å². The average molecular weight is 485 g/mol. The van der Waals surface area contributed by atoms with Crippen LogP contribution in [0.3, 0.4) is 0 Å². The van der Waals surface area contributed by atoms with Crippen LogP contribution >= 0.6 is 0 Å². The van der Waals surface area contributed by atoms with Gasteiger partial charge in [0, 0.05) is 17.1 Å². The number of benzene rings is 4. The Morgan fingerprint density at radius 3 is 1.49 bits per heavy atom. The monoisotopic (exact) mass is 485 g/mol. The molecule has 0 aliphatic rings. The van der Waals surface area contributed by atoms with E-state index >= 15 is 0 Å². The minimum Gasteiger partial charge on any atom is -0.477 e. The molecule has 0 aliphatic carbocycles. The third-order valence-corrected chi connectivity index (χ3v) is 5.62. The van der Waals surface area contributed by atoms with Crippen LogP contribution in [0.25, 0.3) is 22.9 Å². The lowest BCUT2D eigenvalue weighted by Gasteiger charge is -2.26. The number of fused-ring (bicyclic) bond motifs is 1. The molecule has 0 amide bonds. The van der Waals surface area contributed by atoms with E-state index < -0.39 is 11.9 Å². The van der Waals surface area contributed by atoms with Gasteiger partial charge in [0.1, 0.15) is 23.3 Å². The van der Waals surface area contributed by atoms with Crippen molar-refractivity contribution in [2.45, 2.75) is 0 Å². The van der Waals surface area contributed by atoms with Crippen molar-refractivity contribution in [3.63, 3.8) is 0 Å². The fraction of sp³-hybridized carbons (Fsp3) is 0. The van der Waals surface area contributed by atoms with Crippen LogP contribution in [0.1, 0.15) is 11.1 Å². The second-order valence-corrected chi connectivity index (χ2v) is 8.00. The first-order valence-electron chi connectivity index (χ1n) is 11.1. The molecule has 7 heteroatoms. The fourth-order valence-electron chi connectivity index (χ4n) is 3.82. The second kappa shape index (κ2) is 10.7. The highest BCUT2D eigenvalue weighted by atomic mass is 16.4. The van der Waals surface area contributed by atoms with Crippen LogP contribution in [-0.2, 0) is 9.59 Å². The number of carboxylic acids is 2. The molecule has 0 unspecified atom stereocenters. The van der Waals surface area contributed by atoms with Gasteiger partial charge in [0.05, 0.1) is 0 Å². The molecular weight excluding hydrogens is 466 g/mol. The molecular formula is C30H19N3O4. The number of aliphatic carboxylic acids is 2. The number of carboxylic acid groups (broad SMARTS) is 2. The number of hydrogen-bond donors (Lipinski definition) is 2. The lowest BCUT2D eigenvalue weighted by molar-refractivity contribution is -0.133. The van der Waals surface area contributed by atoms with Crippen molar-refractivity contribution in [1.29, 1.82) is 10.5 Å². The number of rotatable bonds is 7. The zero-order chi connectivity index (χ0) is 26.4. The van der Waals surface area contributed by atoms with Gasteiger partial charge in [-0.2, -0.15) is 10.5 Å². The SMILES string of the molecule is N#C/C(=C/c1ccc(N(c2ccc(/C=C(\C#N)C(=O)O)cc2)c2ccc3ccccc3c2)cc1)C(=O)O. The van der Waals surface area contributed by atoms with Gasteiger partial charge in [-0.1, -0.05) is 54.6 Å². The topological polar surface area (TPSA) is 125 Å². The third-order valence-electron chi connectivity index (χ3n) is 5.62. The summed E-state index contributed by atoms with van der Waals surface area (Å²) in [4.78, 5) is 24.4. The third kappa shape index (κ3) is 5.54. The Balaban J connectivity index is 1.79. The van der Waals surface area contributed by atoms with Crippen molar-refractivity contribution < 1.29 is 19.8 Å². The van der Waals surface area contributed by atoms with E-state index in [1.165, 1.54) is 12.2 Å². The molecule has 0 radical (unpaired) electrons. The van der Waals surface area contributed by atoms with Crippen molar-refractivity contribution in [1.82, 2.24) is 0 Å². The number of carbonyl (C=O) groups is 2. The number of anilines is 3. The summed E-state index contributed by atoms with van der Waals surface area (Å²) in [6.07, 6.45) is 2.62. The molecule has 0 saturated carbocycles. The highest BCUT2D eigenvalue weighted by Gasteiger charge is 2.14. The van der Waals surface area contributed by atoms with Gasteiger partial charge in [0.25, 0.3) is 0 Å². The molecule has 0 aromatic heterocycles. The zero-order valence-corrected chi connectivity index (χ0v) is 19.4. The van der Waals surface area contributed by atoms with E-state index in [0.717, 1.165) is 27.8 Å². The van der Waals surface area contributed by atoms with E-state index in [4.69, 9.17) is 20.7 Å². The van der Waals surface area contributed by atoms with E-state index in [9.17, 15) is 9.59 Å². The number of nitrogens with zero attached hydrogens (tertiary/aromatic N) is 3. The van der Waals surface area contributed by atoms with Gasteiger partial charge < -0.3 is 15.1 Å². The first-order valence-corrected chi connectivity index (χ1v) is 11.1. The molecule has 178 valence electrons. The summed E-state index contributed by atoms with van der Waals surface area (Å²) in [5.74, 6) is -2.58. The van der Waals surface area contributed by atoms with Crippen molar-refractivity contribution in [3.05, 3.63) is 113 Å². The van der Waals surface area contributed by atoms with Crippen molar-refractivity contribution >= 4 is 51.9 Å². The maximum Gasteiger partial charge on any atom is 0.346 e. The van der Waals surface area contributed by atoms with E-state index in [1.54, 1.807) is 36.4 Å². The largest absolute Gasteiger partial charge is 0.477 e. The predicted octanol–water partition coefficient (Wildman–Crippen LogP) is 6.29. The molecule has 0 heterocycles. The minimum absolute atomic E-state index is 0.360. The molecule has 0 saturated heterocycles. The van der Waals surface area contributed by atoms with Crippen LogP contribution in [0, 0.1) is 22.7 Å². The summed E-state index contributed by atoms with van der Waals surface area (Å²) >= 11 is 0. The molecule has 4 aromatic rings. The van der Waals surface area contributed by atoms with E-state index in [0.29, 0.717) is 11.1 Å². The Kier molecular flexibility index (Phi) is 7.09. The van der Waals surface area contributed by atoms with E-state index in [-0.39, 0.29) is 11.1 Å². The van der Waals surface area contributed by atoms with Gasteiger partial charge in [-0.25, -0.2) is 9.59 Å². The molecule has 37 heavy (non-hydrogen) atoms. The Bertz CT molecular complexity index is 1550. The molecule has 0 atom stereocenters. The average Bonchev–Trinajstić information content (AvgIpc) is 2.91. The van der Waals surface area contributed by atoms with Crippen LogP contribution in [0.4, 0.5) is 17.1 Å². The second-order valence-electron chi connectivity index (χ2n) is 8.00. The minimum atomic E-state index is -1.29. The Labute approximate surface area is 212 Å². The lowest BCUT2D eigenvalue weighted by atomic mass is 10.1. The van der Waals surface area contributed by atoms with E-state index in [2.05, 4.69) is 0 Å². The maximum atomic E-state index is 11.2. The standard InChI is InChI=1S/C30H19N3O4/c31-18-24(29(34)35)15-20-5-10-26(11-6-20)33(28-14-9-22-3-1-2-4-23(22)17-28)27-12-7-21(8-13-27)16-25(19-32)30(36)37/h1-17H,(H,34,35)(H,36,37)/b24-15-,25-16+. The van der Waals surface area contributed by atoms with Gasteiger partial charge in [0.2, 0.25) is 0 Å². The summed E-state index contributed by atoms with van der Waals surface area (Å²) < 4.78 is 0. The first-order chi connectivity index (χ1) is 17.9. The number of hydrogen-bond acceptors (Lipinski definition) is 5. The van der Waals surface area contributed by atoms with Crippen LogP contribution < -0.4 is 4.90 Å². The van der Waals surface area contributed by atoms with Gasteiger partial charge in [-0.3, -0.25) is 0 Å². The molecule has 4 aromatic carbocycles. The highest BCUT2D eigenvalue weighted by Crippen LogP contribution is 2.36. The van der Waals surface area contributed by atoms with Gasteiger partial charge in [0.15, 0.2) is 0 Å². The van der Waals surface area contributed by atoms with Gasteiger partial charge in [-0.05, 0) is 70.4 Å². The van der Waals surface area contributed by atoms with Crippen LogP contribution in [0.15, 0.2) is 102 Å². The molecule has 0 fully saturated rings. The molecule has 0 spiro atoms. The van der Waals surface area contributed by atoms with Crippen molar-refractivity contribution in [2.24, 2.45) is 0 Å². The Morgan fingerprint density at radius 1 is 0.622 bits per heavy atom. The molecule has 0 bridgehead atoms. The Morgan fingerprint density at radius 2 is 1.05 bits per heavy atom. The number of nitriles is 2. The summed E-state index contributed by atoms with van der Waals surface area (Å²) in [5.41, 5.74) is 2.86. The summed E-state index contributed by atoms with van der Waals surface area (Å²) in [5, 5.41) is 38.5. The normalized spacial score (nSPS) is 11.4. The summed E-state index contributed by atoms with van der Waals surface area (Å²) in [6.45, 7) is 0. The summed E-state index contributed by atoms with van der Waals surface area (Å²) in [7, 11) is 0. The highest BCUT2D eigenvalue weighted by molar-refractivity contribution is 5.97. The molecule has 7 nitrogen and oxygen atoms in total. The quantitative estimate of drug-likeness (QED) is 0.233. The predicted molar refractivity (Wildman–Crippen MR) is 141 cm³/mol. The van der Waals surface area contributed by atoms with E-state index in [1.807, 2.05) is 71.6 Å². The van der Waals surface area contributed by atoms with Crippen LogP contribution in [0.2, 0.25) is 0 Å². The van der Waals surface area contributed by atoms with Crippen molar-refractivity contribution in [2.75, 3.05) is 4.90 Å². The van der Waals surface area contributed by atoms with Crippen LogP contribution in [-0.4, -0.2) is 22.2 Å². The molecule has 4 rings (SSSR count). The maximum absolute atomic E-state index is 11.2. The molecule has 0 aliphatic heterocycles. The Hall–Kier alpha value is -5.66. The van der Waals surface area contributed by atoms with Gasteiger partial charge >= 0.3 is 11.9 Å². The smallest absolute Gasteiger partial charge is 0.346 e. The molecule has 2 N–H and O–H groups in total. The van der Waals surface area contributed by atoms with Gasteiger partial charge in [-0.15, -0.1) is 0 Å². The first kappa shape index (κ1) is 24.5. The van der Waals surface area contributed by atoms with Crippen molar-refractivity contribution in [3.8, 4) is 12.1 Å². The fourth-order valence-corrected chi connectivity index (χ4v) is 3.82. The summed E-state index contributed by atoms with van der Waals surface area (Å²) in [6, 6.07) is 31.6.